The second-order valence-corrected chi connectivity index (χ2v) is 5.55. The Morgan fingerprint density at radius 3 is 2.26 bits per heavy atom. The van der Waals surface area contributed by atoms with E-state index in [0.717, 1.165) is 0 Å². The Balaban J connectivity index is 2.99. The van der Waals surface area contributed by atoms with E-state index in [2.05, 4.69) is 0 Å². The van der Waals surface area contributed by atoms with Crippen molar-refractivity contribution in [1.29, 1.82) is 5.26 Å². The van der Waals surface area contributed by atoms with Gasteiger partial charge in [0.15, 0.2) is 0 Å². The number of hydrogen-bond donors (Lipinski definition) is 0. The summed E-state index contributed by atoms with van der Waals surface area (Å²) >= 11 is 0. The molecule has 102 valence electrons. The maximum Gasteiger partial charge on any atom is 0.364 e. The Kier molecular flexibility index (Phi) is 4.31. The average Bonchev–Trinajstić information content (AvgIpc) is 2.37. The zero-order valence-corrected chi connectivity index (χ0v) is 11.6. The smallest absolute Gasteiger partial charge is 0.364 e. The number of ether oxygens (including phenoxy) is 1. The summed E-state index contributed by atoms with van der Waals surface area (Å²) in [5, 5.41) is 9.00. The van der Waals surface area contributed by atoms with Crippen LogP contribution in [0.4, 0.5) is 4.39 Å². The number of carbonyl (C=O) groups is 1. The summed E-state index contributed by atoms with van der Waals surface area (Å²) in [5.74, 6) is -1.16. The third-order valence-corrected chi connectivity index (χ3v) is 3.11. The van der Waals surface area contributed by atoms with Crippen LogP contribution in [0, 0.1) is 16.7 Å². The fraction of sp³-hybridized carbons (Fsp3) is 0.467. The van der Waals surface area contributed by atoms with Crippen LogP contribution < -0.4 is 0 Å². The van der Waals surface area contributed by atoms with Crippen molar-refractivity contribution in [2.24, 2.45) is 5.41 Å². The highest BCUT2D eigenvalue weighted by Crippen LogP contribution is 2.30. The van der Waals surface area contributed by atoms with Gasteiger partial charge in [-0.25, -0.2) is 9.18 Å². The summed E-state index contributed by atoms with van der Waals surface area (Å²) in [6.45, 7) is 7.31. The maximum atomic E-state index is 14.6. The first-order valence-corrected chi connectivity index (χ1v) is 6.08. The number of esters is 1. The zero-order valence-electron chi connectivity index (χ0n) is 11.6. The van der Waals surface area contributed by atoms with Crippen LogP contribution in [0.3, 0.4) is 0 Å². The molecule has 4 heteroatoms. The van der Waals surface area contributed by atoms with Crippen molar-refractivity contribution < 1.29 is 13.9 Å². The lowest BCUT2D eigenvalue weighted by Gasteiger charge is -2.28. The quantitative estimate of drug-likeness (QED) is 0.786. The summed E-state index contributed by atoms with van der Waals surface area (Å²) in [6.07, 6.45) is -0.493. The van der Waals surface area contributed by atoms with Crippen LogP contribution >= 0.6 is 0 Å². The highest BCUT2D eigenvalue weighted by atomic mass is 19.1. The molecular weight excluding hydrogens is 245 g/mol. The molecule has 0 radical (unpaired) electrons. The Labute approximate surface area is 113 Å². The van der Waals surface area contributed by atoms with Gasteiger partial charge in [0, 0.05) is 5.56 Å². The van der Waals surface area contributed by atoms with Gasteiger partial charge in [-0.05, 0) is 12.3 Å². The van der Waals surface area contributed by atoms with Crippen LogP contribution in [0.1, 0.15) is 33.3 Å². The fourth-order valence-electron chi connectivity index (χ4n) is 1.31. The summed E-state index contributed by atoms with van der Waals surface area (Å²) in [7, 11) is 0. The van der Waals surface area contributed by atoms with E-state index in [1.807, 2.05) is 20.8 Å². The number of nitrogens with zero attached hydrogens (tertiary/aromatic N) is 1. The normalized spacial score (nSPS) is 16.0. The number of alkyl halides is 1. The van der Waals surface area contributed by atoms with Crippen LogP contribution in [0.15, 0.2) is 30.3 Å². The van der Waals surface area contributed by atoms with Gasteiger partial charge in [-0.15, -0.1) is 0 Å². The third-order valence-electron chi connectivity index (χ3n) is 3.11. The molecule has 2 unspecified atom stereocenters. The van der Waals surface area contributed by atoms with Crippen molar-refractivity contribution in [1.82, 2.24) is 0 Å². The van der Waals surface area contributed by atoms with Gasteiger partial charge in [0.05, 0.1) is 0 Å². The van der Waals surface area contributed by atoms with Crippen LogP contribution in [0.5, 0.6) is 0 Å². The Morgan fingerprint density at radius 1 is 1.32 bits per heavy atom. The molecule has 0 amide bonds. The van der Waals surface area contributed by atoms with E-state index in [4.69, 9.17) is 10.00 Å². The number of halogens is 1. The van der Waals surface area contributed by atoms with Crippen molar-refractivity contribution >= 4 is 5.97 Å². The summed E-state index contributed by atoms with van der Waals surface area (Å²) in [5.41, 5.74) is -3.09. The SMILES string of the molecule is CC(OC(=O)C(F)(C#N)c1ccccc1)C(C)(C)C. The highest BCUT2D eigenvalue weighted by Gasteiger charge is 2.44. The molecule has 0 N–H and O–H groups in total. The van der Waals surface area contributed by atoms with Crippen LogP contribution in [-0.2, 0) is 15.2 Å². The lowest BCUT2D eigenvalue weighted by Crippen LogP contribution is -2.37. The first kappa shape index (κ1) is 15.2. The van der Waals surface area contributed by atoms with E-state index in [1.165, 1.54) is 18.2 Å². The minimum atomic E-state index is -2.76. The topological polar surface area (TPSA) is 50.1 Å². The van der Waals surface area contributed by atoms with E-state index >= 15 is 0 Å². The molecule has 2 atom stereocenters. The summed E-state index contributed by atoms with van der Waals surface area (Å²) in [4.78, 5) is 11.9. The largest absolute Gasteiger partial charge is 0.459 e. The number of rotatable bonds is 3. The van der Waals surface area contributed by atoms with E-state index in [0.29, 0.717) is 0 Å². The summed E-state index contributed by atoms with van der Waals surface area (Å²) < 4.78 is 19.6. The van der Waals surface area contributed by atoms with Crippen LogP contribution in [-0.4, -0.2) is 12.1 Å². The molecule has 0 bridgehead atoms. The van der Waals surface area contributed by atoms with Crippen molar-refractivity contribution in [3.05, 3.63) is 35.9 Å². The van der Waals surface area contributed by atoms with Gasteiger partial charge in [-0.1, -0.05) is 51.1 Å². The monoisotopic (exact) mass is 263 g/mol. The van der Waals surface area contributed by atoms with E-state index in [1.54, 1.807) is 25.1 Å². The number of benzene rings is 1. The maximum absolute atomic E-state index is 14.6. The van der Waals surface area contributed by atoms with Crippen LogP contribution in [0.2, 0.25) is 0 Å². The molecule has 19 heavy (non-hydrogen) atoms. The number of carbonyl (C=O) groups excluding carboxylic acids is 1. The second kappa shape index (κ2) is 5.40. The van der Waals surface area contributed by atoms with Gasteiger partial charge in [-0.2, -0.15) is 5.26 Å². The number of nitriles is 1. The molecule has 0 aliphatic heterocycles. The molecule has 0 saturated heterocycles. The molecule has 1 rings (SSSR count). The zero-order chi connectivity index (χ0) is 14.7. The van der Waals surface area contributed by atoms with Crippen molar-refractivity contribution in [3.63, 3.8) is 0 Å². The Bertz CT molecular complexity index is 487. The van der Waals surface area contributed by atoms with E-state index in [9.17, 15) is 9.18 Å². The average molecular weight is 263 g/mol. The fourth-order valence-corrected chi connectivity index (χ4v) is 1.31. The van der Waals surface area contributed by atoms with E-state index in [-0.39, 0.29) is 11.0 Å². The first-order chi connectivity index (χ1) is 8.71. The molecular formula is C15H18FNO2. The molecule has 0 aromatic heterocycles. The van der Waals surface area contributed by atoms with Gasteiger partial charge in [0.1, 0.15) is 12.2 Å². The highest BCUT2D eigenvalue weighted by molar-refractivity contribution is 5.84. The molecule has 0 aliphatic rings. The van der Waals surface area contributed by atoms with Crippen molar-refractivity contribution in [2.45, 2.75) is 39.5 Å². The second-order valence-electron chi connectivity index (χ2n) is 5.55. The summed E-state index contributed by atoms with van der Waals surface area (Å²) in [6, 6.07) is 9.03. The van der Waals surface area contributed by atoms with Gasteiger partial charge in [0.25, 0.3) is 0 Å². The molecule has 0 saturated carbocycles. The van der Waals surface area contributed by atoms with Gasteiger partial charge in [0.2, 0.25) is 0 Å². The van der Waals surface area contributed by atoms with Gasteiger partial charge >= 0.3 is 11.6 Å². The molecule has 1 aromatic carbocycles. The molecule has 0 spiro atoms. The minimum absolute atomic E-state index is 0.0105. The predicted octanol–water partition coefficient (Wildman–Crippen LogP) is 3.35. The first-order valence-electron chi connectivity index (χ1n) is 6.08. The number of hydrogen-bond acceptors (Lipinski definition) is 3. The van der Waals surface area contributed by atoms with Crippen molar-refractivity contribution in [2.75, 3.05) is 0 Å². The van der Waals surface area contributed by atoms with Gasteiger partial charge < -0.3 is 4.74 Å². The van der Waals surface area contributed by atoms with Gasteiger partial charge in [-0.3, -0.25) is 0 Å². The van der Waals surface area contributed by atoms with E-state index < -0.39 is 17.7 Å². The lowest BCUT2D eigenvalue weighted by atomic mass is 9.90. The minimum Gasteiger partial charge on any atom is -0.459 e. The molecule has 0 fully saturated rings. The molecule has 1 aromatic rings. The molecule has 3 nitrogen and oxygen atoms in total. The predicted molar refractivity (Wildman–Crippen MR) is 69.9 cm³/mol. The molecule has 0 aliphatic carbocycles. The Morgan fingerprint density at radius 2 is 1.84 bits per heavy atom. The third kappa shape index (κ3) is 3.31. The Hall–Kier alpha value is -1.89. The van der Waals surface area contributed by atoms with Crippen LogP contribution in [0.25, 0.3) is 0 Å². The molecule has 0 heterocycles. The standard InChI is InChI=1S/C15H18FNO2/c1-11(14(2,3)4)19-13(18)15(16,10-17)12-8-6-5-7-9-12/h5-9,11H,1-4H3. The lowest BCUT2D eigenvalue weighted by molar-refractivity contribution is -0.164. The van der Waals surface area contributed by atoms with Crippen molar-refractivity contribution in [3.8, 4) is 6.07 Å².